The quantitative estimate of drug-likeness (QED) is 0.763. The smallest absolute Gasteiger partial charge is 0.224 e. The number of rotatable bonds is 2. The van der Waals surface area contributed by atoms with E-state index in [-0.39, 0.29) is 35.0 Å². The normalized spacial score (nSPS) is 42.5. The summed E-state index contributed by atoms with van der Waals surface area (Å²) < 4.78 is 23.2. The number of fused-ring (bicyclic) bond motifs is 1. The molecule has 18 heavy (non-hydrogen) atoms. The molecule has 0 spiro atoms. The number of carbonyl (C=O) groups excluding carboxylic acids is 1. The minimum atomic E-state index is -2.89. The Morgan fingerprint density at radius 2 is 2.22 bits per heavy atom. The van der Waals surface area contributed by atoms with Crippen LogP contribution in [0.15, 0.2) is 0 Å². The van der Waals surface area contributed by atoms with Crippen LogP contribution in [0.25, 0.3) is 0 Å². The average Bonchev–Trinajstić information content (AvgIpc) is 2.88. The number of sulfone groups is 1. The standard InChI is InChI=1S/C12H20N2O3S/c1-12(4-6-18(16,17)8-12)13-9-7-11(15)14-5-2-3-10(9)14/h9-10,13H,2-8H2,1H3. The van der Waals surface area contributed by atoms with Crippen LogP contribution in [0.3, 0.4) is 0 Å². The van der Waals surface area contributed by atoms with E-state index in [0.717, 1.165) is 19.4 Å². The lowest BCUT2D eigenvalue weighted by atomic mass is 9.97. The number of hydrogen-bond acceptors (Lipinski definition) is 4. The second-order valence-corrected chi connectivity index (χ2v) is 8.34. The van der Waals surface area contributed by atoms with Crippen molar-refractivity contribution in [3.63, 3.8) is 0 Å². The van der Waals surface area contributed by atoms with E-state index in [2.05, 4.69) is 5.32 Å². The maximum Gasteiger partial charge on any atom is 0.224 e. The Morgan fingerprint density at radius 1 is 1.44 bits per heavy atom. The van der Waals surface area contributed by atoms with Crippen LogP contribution in [0.4, 0.5) is 0 Å². The molecule has 0 aromatic carbocycles. The summed E-state index contributed by atoms with van der Waals surface area (Å²) in [6, 6.07) is 0.427. The van der Waals surface area contributed by atoms with Crippen LogP contribution in [-0.4, -0.2) is 54.9 Å². The summed E-state index contributed by atoms with van der Waals surface area (Å²) in [5.74, 6) is 0.697. The number of hydrogen-bond donors (Lipinski definition) is 1. The van der Waals surface area contributed by atoms with Crippen molar-refractivity contribution in [2.45, 2.75) is 50.2 Å². The fourth-order valence-corrected chi connectivity index (χ4v) is 5.79. The van der Waals surface area contributed by atoms with Gasteiger partial charge in [0.05, 0.1) is 11.5 Å². The molecule has 0 aromatic rings. The minimum Gasteiger partial charge on any atom is -0.338 e. The Morgan fingerprint density at radius 3 is 2.89 bits per heavy atom. The third-order valence-electron chi connectivity index (χ3n) is 4.52. The first kappa shape index (κ1) is 12.4. The van der Waals surface area contributed by atoms with Crippen LogP contribution in [-0.2, 0) is 14.6 Å². The van der Waals surface area contributed by atoms with Crippen molar-refractivity contribution in [1.82, 2.24) is 10.2 Å². The molecule has 6 heteroatoms. The van der Waals surface area contributed by atoms with Crippen LogP contribution < -0.4 is 5.32 Å². The van der Waals surface area contributed by atoms with E-state index in [4.69, 9.17) is 0 Å². The SMILES string of the molecule is CC1(NC2CC(=O)N3CCCC23)CCS(=O)(=O)C1. The molecule has 0 aliphatic carbocycles. The maximum atomic E-state index is 11.8. The molecule has 3 atom stereocenters. The molecule has 3 aliphatic rings. The lowest BCUT2D eigenvalue weighted by molar-refractivity contribution is -0.127. The lowest BCUT2D eigenvalue weighted by Gasteiger charge is -2.31. The first-order valence-corrected chi connectivity index (χ1v) is 8.48. The third-order valence-corrected chi connectivity index (χ3v) is 6.42. The predicted octanol–water partition coefficient (Wildman–Crippen LogP) is -0.0835. The Hall–Kier alpha value is -0.620. The first-order valence-electron chi connectivity index (χ1n) is 6.66. The second kappa shape index (κ2) is 3.93. The summed E-state index contributed by atoms with van der Waals surface area (Å²) >= 11 is 0. The molecule has 3 fully saturated rings. The summed E-state index contributed by atoms with van der Waals surface area (Å²) in [5, 5.41) is 3.47. The van der Waals surface area contributed by atoms with Gasteiger partial charge in [0.25, 0.3) is 0 Å². The van der Waals surface area contributed by atoms with Gasteiger partial charge in [-0.2, -0.15) is 0 Å². The molecule has 3 rings (SSSR count). The van der Waals surface area contributed by atoms with Gasteiger partial charge in [-0.05, 0) is 26.2 Å². The first-order chi connectivity index (χ1) is 8.39. The fraction of sp³-hybridized carbons (Fsp3) is 0.917. The second-order valence-electron chi connectivity index (χ2n) is 6.15. The molecule has 0 aromatic heterocycles. The number of carbonyl (C=O) groups is 1. The van der Waals surface area contributed by atoms with Crippen molar-refractivity contribution >= 4 is 15.7 Å². The number of amides is 1. The van der Waals surface area contributed by atoms with E-state index in [9.17, 15) is 13.2 Å². The van der Waals surface area contributed by atoms with Gasteiger partial charge in [-0.25, -0.2) is 8.42 Å². The molecule has 0 saturated carbocycles. The van der Waals surface area contributed by atoms with Gasteiger partial charge in [0.15, 0.2) is 9.84 Å². The van der Waals surface area contributed by atoms with Gasteiger partial charge in [0, 0.05) is 30.6 Å². The fourth-order valence-electron chi connectivity index (χ4n) is 3.68. The van der Waals surface area contributed by atoms with Gasteiger partial charge in [-0.15, -0.1) is 0 Å². The van der Waals surface area contributed by atoms with E-state index in [0.29, 0.717) is 12.8 Å². The van der Waals surface area contributed by atoms with Crippen molar-refractivity contribution in [3.8, 4) is 0 Å². The van der Waals surface area contributed by atoms with E-state index in [1.807, 2.05) is 11.8 Å². The van der Waals surface area contributed by atoms with Crippen molar-refractivity contribution in [3.05, 3.63) is 0 Å². The van der Waals surface area contributed by atoms with Gasteiger partial charge >= 0.3 is 0 Å². The summed E-state index contributed by atoms with van der Waals surface area (Å²) in [4.78, 5) is 13.8. The largest absolute Gasteiger partial charge is 0.338 e. The maximum absolute atomic E-state index is 11.8. The minimum absolute atomic E-state index is 0.137. The van der Waals surface area contributed by atoms with Gasteiger partial charge < -0.3 is 10.2 Å². The van der Waals surface area contributed by atoms with Gasteiger partial charge in [0.1, 0.15) is 0 Å². The number of nitrogens with one attached hydrogen (secondary N) is 1. The zero-order valence-electron chi connectivity index (χ0n) is 10.7. The third kappa shape index (κ3) is 2.05. The Labute approximate surface area is 108 Å². The summed E-state index contributed by atoms with van der Waals surface area (Å²) in [6.45, 7) is 2.84. The van der Waals surface area contributed by atoms with Crippen molar-refractivity contribution < 1.29 is 13.2 Å². The topological polar surface area (TPSA) is 66.5 Å². The van der Waals surface area contributed by atoms with E-state index in [1.54, 1.807) is 0 Å². The monoisotopic (exact) mass is 272 g/mol. The molecule has 0 bridgehead atoms. The van der Waals surface area contributed by atoms with Crippen LogP contribution in [0.1, 0.15) is 32.6 Å². The highest BCUT2D eigenvalue weighted by Gasteiger charge is 2.47. The van der Waals surface area contributed by atoms with Crippen LogP contribution >= 0.6 is 0 Å². The van der Waals surface area contributed by atoms with E-state index < -0.39 is 9.84 Å². The Kier molecular flexibility index (Phi) is 2.71. The molecular weight excluding hydrogens is 252 g/mol. The zero-order valence-corrected chi connectivity index (χ0v) is 11.5. The van der Waals surface area contributed by atoms with Crippen LogP contribution in [0.5, 0.6) is 0 Å². The van der Waals surface area contributed by atoms with Gasteiger partial charge in [0.2, 0.25) is 5.91 Å². The van der Waals surface area contributed by atoms with Crippen LogP contribution in [0, 0.1) is 0 Å². The van der Waals surface area contributed by atoms with Gasteiger partial charge in [-0.1, -0.05) is 0 Å². The van der Waals surface area contributed by atoms with Crippen molar-refractivity contribution in [2.24, 2.45) is 0 Å². The number of nitrogens with zero attached hydrogens (tertiary/aromatic N) is 1. The molecule has 1 amide bonds. The molecule has 102 valence electrons. The molecule has 3 saturated heterocycles. The highest BCUT2D eigenvalue weighted by atomic mass is 32.2. The molecule has 5 nitrogen and oxygen atoms in total. The van der Waals surface area contributed by atoms with Gasteiger partial charge in [-0.3, -0.25) is 4.79 Å². The van der Waals surface area contributed by atoms with E-state index >= 15 is 0 Å². The molecule has 1 N–H and O–H groups in total. The van der Waals surface area contributed by atoms with Crippen LogP contribution in [0.2, 0.25) is 0 Å². The summed E-state index contributed by atoms with van der Waals surface area (Å²) in [7, 11) is -2.89. The van der Waals surface area contributed by atoms with E-state index in [1.165, 1.54) is 0 Å². The Bertz CT molecular complexity index is 476. The highest BCUT2D eigenvalue weighted by molar-refractivity contribution is 7.91. The van der Waals surface area contributed by atoms with Crippen molar-refractivity contribution in [1.29, 1.82) is 0 Å². The predicted molar refractivity (Wildman–Crippen MR) is 68.0 cm³/mol. The summed E-state index contributed by atoms with van der Waals surface area (Å²) in [6.07, 6.45) is 3.31. The molecule has 3 heterocycles. The van der Waals surface area contributed by atoms with Crippen molar-refractivity contribution in [2.75, 3.05) is 18.1 Å². The average molecular weight is 272 g/mol. The molecular formula is C12H20N2O3S. The Balaban J connectivity index is 1.72. The highest BCUT2D eigenvalue weighted by Crippen LogP contribution is 2.32. The lowest BCUT2D eigenvalue weighted by Crippen LogP contribution is -2.52. The molecule has 0 radical (unpaired) electrons. The molecule has 3 aliphatic heterocycles. The zero-order chi connectivity index (χ0) is 13.0. The summed E-state index contributed by atoms with van der Waals surface area (Å²) in [5.41, 5.74) is -0.345. The molecule has 3 unspecified atom stereocenters.